The van der Waals surface area contributed by atoms with Crippen molar-refractivity contribution in [3.63, 3.8) is 0 Å². The monoisotopic (exact) mass is 364 g/mol. The van der Waals surface area contributed by atoms with Gasteiger partial charge >= 0.3 is 0 Å². The first-order valence-corrected chi connectivity index (χ1v) is 8.67. The Bertz CT molecular complexity index is 924. The van der Waals surface area contributed by atoms with E-state index in [1.54, 1.807) is 25.1 Å². The first-order chi connectivity index (χ1) is 13.0. The number of carbonyl (C=O) groups excluding carboxylic acids is 1. The van der Waals surface area contributed by atoms with Gasteiger partial charge in [-0.25, -0.2) is 14.4 Å². The molecule has 1 heterocycles. The molecule has 3 rings (SSSR count). The van der Waals surface area contributed by atoms with Crippen LogP contribution in [0.1, 0.15) is 33.0 Å². The summed E-state index contributed by atoms with van der Waals surface area (Å²) in [6.45, 7) is 4.66. The molecular formula is C21H21FN4O. The van der Waals surface area contributed by atoms with Crippen molar-refractivity contribution in [3.05, 3.63) is 88.6 Å². The second-order valence-electron chi connectivity index (χ2n) is 6.33. The molecule has 5 nitrogen and oxygen atoms in total. The molecule has 0 unspecified atom stereocenters. The SMILES string of the molecule is Cc1ccc(CNC(=O)c2cc(NCc3ccc(F)cc3)nc(C)n2)cc1. The third kappa shape index (κ3) is 5.34. The largest absolute Gasteiger partial charge is 0.366 e. The van der Waals surface area contributed by atoms with E-state index < -0.39 is 0 Å². The summed E-state index contributed by atoms with van der Waals surface area (Å²) in [5, 5.41) is 6.01. The van der Waals surface area contributed by atoms with Crippen LogP contribution < -0.4 is 10.6 Å². The van der Waals surface area contributed by atoms with Crippen molar-refractivity contribution in [2.75, 3.05) is 5.32 Å². The molecule has 3 aromatic rings. The predicted octanol–water partition coefficient (Wildman–Crippen LogP) is 3.77. The molecule has 0 aliphatic heterocycles. The maximum Gasteiger partial charge on any atom is 0.270 e. The van der Waals surface area contributed by atoms with Crippen LogP contribution in [0.5, 0.6) is 0 Å². The molecule has 0 aliphatic carbocycles. The first kappa shape index (κ1) is 18.5. The summed E-state index contributed by atoms with van der Waals surface area (Å²) >= 11 is 0. The van der Waals surface area contributed by atoms with Crippen LogP contribution in [0.2, 0.25) is 0 Å². The van der Waals surface area contributed by atoms with Gasteiger partial charge < -0.3 is 10.6 Å². The molecule has 1 amide bonds. The number of benzene rings is 2. The average Bonchev–Trinajstić information content (AvgIpc) is 2.66. The van der Waals surface area contributed by atoms with Gasteiger partial charge in [0.25, 0.3) is 5.91 Å². The summed E-state index contributed by atoms with van der Waals surface area (Å²) in [4.78, 5) is 20.9. The van der Waals surface area contributed by atoms with Gasteiger partial charge in [0.05, 0.1) is 0 Å². The Morgan fingerprint density at radius 3 is 2.26 bits per heavy atom. The highest BCUT2D eigenvalue weighted by molar-refractivity contribution is 5.92. The molecule has 1 aromatic heterocycles. The number of aryl methyl sites for hydroxylation is 2. The topological polar surface area (TPSA) is 66.9 Å². The molecule has 2 aromatic carbocycles. The number of nitrogens with zero attached hydrogens (tertiary/aromatic N) is 2. The van der Waals surface area contributed by atoms with E-state index in [0.29, 0.717) is 30.4 Å². The molecule has 0 spiro atoms. The molecular weight excluding hydrogens is 343 g/mol. The van der Waals surface area contributed by atoms with E-state index in [2.05, 4.69) is 20.6 Å². The first-order valence-electron chi connectivity index (χ1n) is 8.67. The number of amides is 1. The standard InChI is InChI=1S/C21H21FN4O/c1-14-3-5-16(6-4-14)13-24-21(27)19-11-20(26-15(2)25-19)23-12-17-7-9-18(22)10-8-17/h3-11H,12-13H2,1-2H3,(H,24,27)(H,23,25,26). The number of hydrogen-bond donors (Lipinski definition) is 2. The Kier molecular flexibility index (Phi) is 5.76. The van der Waals surface area contributed by atoms with Crippen LogP contribution in [0.3, 0.4) is 0 Å². The lowest BCUT2D eigenvalue weighted by Gasteiger charge is -2.09. The van der Waals surface area contributed by atoms with Gasteiger partial charge in [-0.1, -0.05) is 42.0 Å². The Balaban J connectivity index is 1.63. The Hall–Kier alpha value is -3.28. The van der Waals surface area contributed by atoms with Gasteiger partial charge in [0.1, 0.15) is 23.2 Å². The number of rotatable bonds is 6. The number of hydrogen-bond acceptors (Lipinski definition) is 4. The zero-order valence-electron chi connectivity index (χ0n) is 15.3. The second kappa shape index (κ2) is 8.40. The third-order valence-corrected chi connectivity index (χ3v) is 4.03. The van der Waals surface area contributed by atoms with E-state index >= 15 is 0 Å². The minimum absolute atomic E-state index is 0.258. The van der Waals surface area contributed by atoms with Crippen molar-refractivity contribution < 1.29 is 9.18 Å². The molecule has 0 fully saturated rings. The maximum atomic E-state index is 13.0. The predicted molar refractivity (Wildman–Crippen MR) is 103 cm³/mol. The molecule has 0 saturated heterocycles. The van der Waals surface area contributed by atoms with E-state index in [0.717, 1.165) is 11.1 Å². The van der Waals surface area contributed by atoms with Crippen molar-refractivity contribution in [3.8, 4) is 0 Å². The smallest absolute Gasteiger partial charge is 0.270 e. The van der Waals surface area contributed by atoms with E-state index in [9.17, 15) is 9.18 Å². The molecule has 0 atom stereocenters. The van der Waals surface area contributed by atoms with Gasteiger partial charge in [-0.05, 0) is 37.1 Å². The number of aromatic nitrogens is 2. The molecule has 27 heavy (non-hydrogen) atoms. The third-order valence-electron chi connectivity index (χ3n) is 4.03. The summed E-state index contributed by atoms with van der Waals surface area (Å²) < 4.78 is 13.0. The molecule has 2 N–H and O–H groups in total. The van der Waals surface area contributed by atoms with Crippen molar-refractivity contribution in [2.24, 2.45) is 0 Å². The molecule has 138 valence electrons. The number of carbonyl (C=O) groups is 1. The van der Waals surface area contributed by atoms with E-state index in [-0.39, 0.29) is 11.7 Å². The fourth-order valence-corrected chi connectivity index (χ4v) is 2.55. The lowest BCUT2D eigenvalue weighted by molar-refractivity contribution is 0.0945. The normalized spacial score (nSPS) is 10.5. The Morgan fingerprint density at radius 2 is 1.56 bits per heavy atom. The van der Waals surface area contributed by atoms with Gasteiger partial charge in [0.15, 0.2) is 0 Å². The molecule has 0 bridgehead atoms. The van der Waals surface area contributed by atoms with Crippen molar-refractivity contribution in [1.82, 2.24) is 15.3 Å². The summed E-state index contributed by atoms with van der Waals surface area (Å²) in [6, 6.07) is 15.8. The molecule has 0 aliphatic rings. The maximum absolute atomic E-state index is 13.0. The average molecular weight is 364 g/mol. The zero-order valence-corrected chi connectivity index (χ0v) is 15.3. The summed E-state index contributed by atoms with van der Waals surface area (Å²) in [5.41, 5.74) is 3.41. The van der Waals surface area contributed by atoms with Gasteiger partial charge in [-0.2, -0.15) is 0 Å². The van der Waals surface area contributed by atoms with Gasteiger partial charge in [0, 0.05) is 19.2 Å². The molecule has 0 radical (unpaired) electrons. The van der Waals surface area contributed by atoms with Crippen LogP contribution in [-0.2, 0) is 13.1 Å². The zero-order chi connectivity index (χ0) is 19.2. The Labute approximate surface area is 157 Å². The molecule has 6 heteroatoms. The van der Waals surface area contributed by atoms with Crippen LogP contribution in [-0.4, -0.2) is 15.9 Å². The van der Waals surface area contributed by atoms with Crippen LogP contribution in [0.25, 0.3) is 0 Å². The van der Waals surface area contributed by atoms with E-state index in [1.165, 1.54) is 17.7 Å². The van der Waals surface area contributed by atoms with Crippen LogP contribution in [0.15, 0.2) is 54.6 Å². The fraction of sp³-hybridized carbons (Fsp3) is 0.190. The van der Waals surface area contributed by atoms with Crippen molar-refractivity contribution in [1.29, 1.82) is 0 Å². The van der Waals surface area contributed by atoms with Crippen molar-refractivity contribution in [2.45, 2.75) is 26.9 Å². The quantitative estimate of drug-likeness (QED) is 0.699. The highest BCUT2D eigenvalue weighted by Crippen LogP contribution is 2.10. The summed E-state index contributed by atoms with van der Waals surface area (Å²) in [6.07, 6.45) is 0. The number of nitrogens with one attached hydrogen (secondary N) is 2. The summed E-state index contributed by atoms with van der Waals surface area (Å²) in [5.74, 6) is 0.516. The lowest BCUT2D eigenvalue weighted by Crippen LogP contribution is -2.24. The van der Waals surface area contributed by atoms with Crippen LogP contribution >= 0.6 is 0 Å². The highest BCUT2D eigenvalue weighted by Gasteiger charge is 2.10. The molecule has 0 saturated carbocycles. The minimum atomic E-state index is -0.274. The summed E-state index contributed by atoms with van der Waals surface area (Å²) in [7, 11) is 0. The fourth-order valence-electron chi connectivity index (χ4n) is 2.55. The highest BCUT2D eigenvalue weighted by atomic mass is 19.1. The Morgan fingerprint density at radius 1 is 0.926 bits per heavy atom. The van der Waals surface area contributed by atoms with Crippen molar-refractivity contribution >= 4 is 11.7 Å². The van der Waals surface area contributed by atoms with Crippen LogP contribution in [0.4, 0.5) is 10.2 Å². The number of halogens is 1. The minimum Gasteiger partial charge on any atom is -0.366 e. The van der Waals surface area contributed by atoms with Gasteiger partial charge in [-0.3, -0.25) is 4.79 Å². The van der Waals surface area contributed by atoms with Crippen LogP contribution in [0, 0.1) is 19.7 Å². The van der Waals surface area contributed by atoms with Gasteiger partial charge in [-0.15, -0.1) is 0 Å². The van der Waals surface area contributed by atoms with E-state index in [1.807, 2.05) is 31.2 Å². The number of anilines is 1. The lowest BCUT2D eigenvalue weighted by atomic mass is 10.1. The van der Waals surface area contributed by atoms with Gasteiger partial charge in [0.2, 0.25) is 0 Å². The van der Waals surface area contributed by atoms with E-state index in [4.69, 9.17) is 0 Å². The second-order valence-corrected chi connectivity index (χ2v) is 6.33.